The molecule has 1 aromatic heterocycles. The van der Waals surface area contributed by atoms with Gasteiger partial charge in [0, 0.05) is 30.6 Å². The topological polar surface area (TPSA) is 61.0 Å². The summed E-state index contributed by atoms with van der Waals surface area (Å²) in [5, 5.41) is 3.33. The quantitative estimate of drug-likeness (QED) is 0.882. The number of hydrogen-bond acceptors (Lipinski definition) is 4. The number of anilines is 1. The molecule has 2 rings (SSSR count). The second-order valence-corrected chi connectivity index (χ2v) is 5.98. The molecule has 112 valence electrons. The molecule has 5 heteroatoms. The van der Waals surface area contributed by atoms with E-state index in [0.717, 1.165) is 24.6 Å². The Balaban J connectivity index is 2.34. The average molecular weight is 278 g/mol. The summed E-state index contributed by atoms with van der Waals surface area (Å²) in [7, 11) is 1.99. The van der Waals surface area contributed by atoms with Crippen molar-refractivity contribution >= 4 is 5.82 Å². The van der Waals surface area contributed by atoms with E-state index in [1.807, 2.05) is 20.9 Å². The molecule has 1 saturated heterocycles. The van der Waals surface area contributed by atoms with E-state index in [9.17, 15) is 4.79 Å². The lowest BCUT2D eigenvalue weighted by Gasteiger charge is -2.40. The van der Waals surface area contributed by atoms with E-state index >= 15 is 0 Å². The van der Waals surface area contributed by atoms with E-state index < -0.39 is 0 Å². The molecule has 1 aliphatic rings. The molecule has 2 unspecified atom stereocenters. The third kappa shape index (κ3) is 3.20. The number of aromatic amines is 1. The SMILES string of the molecule is CNC(C)C1CCCCN1c1cc(=O)[nH]c(C(C)C)n1. The molecule has 2 atom stereocenters. The first kappa shape index (κ1) is 15.0. The van der Waals surface area contributed by atoms with Crippen molar-refractivity contribution < 1.29 is 0 Å². The molecule has 0 radical (unpaired) electrons. The Morgan fingerprint density at radius 3 is 2.80 bits per heavy atom. The number of nitrogens with zero attached hydrogens (tertiary/aromatic N) is 2. The van der Waals surface area contributed by atoms with Crippen molar-refractivity contribution in [3.05, 3.63) is 22.2 Å². The van der Waals surface area contributed by atoms with Crippen LogP contribution in [0.25, 0.3) is 0 Å². The highest BCUT2D eigenvalue weighted by Gasteiger charge is 2.28. The number of piperidine rings is 1. The lowest BCUT2D eigenvalue weighted by molar-refractivity contribution is 0.379. The van der Waals surface area contributed by atoms with Crippen molar-refractivity contribution in [3.8, 4) is 0 Å². The van der Waals surface area contributed by atoms with Gasteiger partial charge in [-0.3, -0.25) is 4.79 Å². The van der Waals surface area contributed by atoms with Crippen LogP contribution in [0.2, 0.25) is 0 Å². The monoisotopic (exact) mass is 278 g/mol. The molecule has 0 aliphatic carbocycles. The molecule has 1 aromatic rings. The standard InChI is InChI=1S/C15H26N4O/c1-10(2)15-17-13(9-14(20)18-15)19-8-6-5-7-12(19)11(3)16-4/h9-12,16H,5-8H2,1-4H3,(H,17,18,20). The van der Waals surface area contributed by atoms with Crippen LogP contribution in [0.4, 0.5) is 5.82 Å². The molecule has 5 nitrogen and oxygen atoms in total. The van der Waals surface area contributed by atoms with Gasteiger partial charge in [-0.1, -0.05) is 13.8 Å². The number of hydrogen-bond donors (Lipinski definition) is 2. The van der Waals surface area contributed by atoms with Crippen LogP contribution >= 0.6 is 0 Å². The lowest BCUT2D eigenvalue weighted by atomic mass is 9.96. The molecule has 2 N–H and O–H groups in total. The Morgan fingerprint density at radius 2 is 2.15 bits per heavy atom. The molecular weight excluding hydrogens is 252 g/mol. The second kappa shape index (κ2) is 6.39. The molecule has 1 aliphatic heterocycles. The van der Waals surface area contributed by atoms with Gasteiger partial charge in [-0.15, -0.1) is 0 Å². The Kier molecular flexibility index (Phi) is 4.81. The normalized spacial score (nSPS) is 21.2. The van der Waals surface area contributed by atoms with E-state index in [0.29, 0.717) is 12.1 Å². The zero-order valence-electron chi connectivity index (χ0n) is 12.9. The third-order valence-electron chi connectivity index (χ3n) is 4.17. The van der Waals surface area contributed by atoms with Crippen LogP contribution in [0.1, 0.15) is 51.8 Å². The van der Waals surface area contributed by atoms with Crippen LogP contribution in [0.5, 0.6) is 0 Å². The zero-order valence-corrected chi connectivity index (χ0v) is 12.9. The van der Waals surface area contributed by atoms with Crippen molar-refractivity contribution in [2.45, 2.75) is 58.0 Å². The van der Waals surface area contributed by atoms with Gasteiger partial charge in [-0.2, -0.15) is 0 Å². The minimum absolute atomic E-state index is 0.0554. The van der Waals surface area contributed by atoms with Crippen LogP contribution in [-0.4, -0.2) is 35.6 Å². The van der Waals surface area contributed by atoms with Crippen molar-refractivity contribution in [1.29, 1.82) is 0 Å². The summed E-state index contributed by atoms with van der Waals surface area (Å²) >= 11 is 0. The first-order valence-corrected chi connectivity index (χ1v) is 7.58. The van der Waals surface area contributed by atoms with Crippen LogP contribution in [-0.2, 0) is 0 Å². The largest absolute Gasteiger partial charge is 0.352 e. The maximum Gasteiger partial charge on any atom is 0.252 e. The molecule has 2 heterocycles. The number of aromatic nitrogens is 2. The molecule has 20 heavy (non-hydrogen) atoms. The van der Waals surface area contributed by atoms with Gasteiger partial charge in [0.2, 0.25) is 0 Å². The second-order valence-electron chi connectivity index (χ2n) is 5.98. The lowest BCUT2D eigenvalue weighted by Crippen LogP contribution is -2.51. The van der Waals surface area contributed by atoms with Gasteiger partial charge < -0.3 is 15.2 Å². The molecule has 0 bridgehead atoms. The average Bonchev–Trinajstić information content (AvgIpc) is 2.45. The summed E-state index contributed by atoms with van der Waals surface area (Å²) in [5.41, 5.74) is -0.0554. The molecule has 1 fully saturated rings. The fourth-order valence-corrected chi connectivity index (χ4v) is 2.84. The highest BCUT2D eigenvalue weighted by Crippen LogP contribution is 2.25. The minimum Gasteiger partial charge on any atom is -0.352 e. The molecule has 0 spiro atoms. The Morgan fingerprint density at radius 1 is 1.40 bits per heavy atom. The van der Waals surface area contributed by atoms with Crippen LogP contribution in [0, 0.1) is 0 Å². The van der Waals surface area contributed by atoms with Gasteiger partial charge in [-0.25, -0.2) is 4.98 Å². The van der Waals surface area contributed by atoms with Crippen molar-refractivity contribution in [2.75, 3.05) is 18.5 Å². The number of rotatable bonds is 4. The smallest absolute Gasteiger partial charge is 0.252 e. The van der Waals surface area contributed by atoms with E-state index in [1.165, 1.54) is 12.8 Å². The van der Waals surface area contributed by atoms with Gasteiger partial charge in [0.15, 0.2) is 0 Å². The summed E-state index contributed by atoms with van der Waals surface area (Å²) in [6.45, 7) is 7.27. The maximum atomic E-state index is 11.9. The van der Waals surface area contributed by atoms with Gasteiger partial charge in [-0.05, 0) is 33.2 Å². The van der Waals surface area contributed by atoms with Crippen LogP contribution in [0.15, 0.2) is 10.9 Å². The fraction of sp³-hybridized carbons (Fsp3) is 0.733. The first-order chi connectivity index (χ1) is 9.52. The third-order valence-corrected chi connectivity index (χ3v) is 4.17. The Bertz CT molecular complexity index is 497. The van der Waals surface area contributed by atoms with Crippen molar-refractivity contribution in [2.24, 2.45) is 0 Å². The zero-order chi connectivity index (χ0) is 14.7. The molecule has 0 aromatic carbocycles. The predicted molar refractivity (Wildman–Crippen MR) is 82.5 cm³/mol. The van der Waals surface area contributed by atoms with Crippen LogP contribution < -0.4 is 15.8 Å². The van der Waals surface area contributed by atoms with Gasteiger partial charge >= 0.3 is 0 Å². The predicted octanol–water partition coefficient (Wildman–Crippen LogP) is 1.86. The van der Waals surface area contributed by atoms with E-state index in [-0.39, 0.29) is 11.5 Å². The molecule has 0 amide bonds. The molecule has 0 saturated carbocycles. The van der Waals surface area contributed by atoms with Gasteiger partial charge in [0.1, 0.15) is 11.6 Å². The number of nitrogens with one attached hydrogen (secondary N) is 2. The first-order valence-electron chi connectivity index (χ1n) is 7.58. The number of likely N-dealkylation sites (N-methyl/N-ethyl adjacent to an activating group) is 1. The van der Waals surface area contributed by atoms with E-state index in [2.05, 4.69) is 27.1 Å². The highest BCUT2D eigenvalue weighted by molar-refractivity contribution is 5.40. The summed E-state index contributed by atoms with van der Waals surface area (Å²) in [6, 6.07) is 2.42. The highest BCUT2D eigenvalue weighted by atomic mass is 16.1. The van der Waals surface area contributed by atoms with Crippen molar-refractivity contribution in [1.82, 2.24) is 15.3 Å². The Labute approximate surface area is 120 Å². The van der Waals surface area contributed by atoms with Crippen LogP contribution in [0.3, 0.4) is 0 Å². The summed E-state index contributed by atoms with van der Waals surface area (Å²) in [5.74, 6) is 1.82. The van der Waals surface area contributed by atoms with Gasteiger partial charge in [0.05, 0.1) is 0 Å². The van der Waals surface area contributed by atoms with Crippen molar-refractivity contribution in [3.63, 3.8) is 0 Å². The van der Waals surface area contributed by atoms with E-state index in [4.69, 9.17) is 0 Å². The summed E-state index contributed by atoms with van der Waals surface area (Å²) in [4.78, 5) is 21.7. The number of H-pyrrole nitrogens is 1. The maximum absolute atomic E-state index is 11.9. The van der Waals surface area contributed by atoms with Gasteiger partial charge in [0.25, 0.3) is 5.56 Å². The summed E-state index contributed by atoms with van der Waals surface area (Å²) < 4.78 is 0. The molecular formula is C15H26N4O. The van der Waals surface area contributed by atoms with E-state index in [1.54, 1.807) is 6.07 Å². The summed E-state index contributed by atoms with van der Waals surface area (Å²) in [6.07, 6.45) is 3.55. The Hall–Kier alpha value is -1.36. The fourth-order valence-electron chi connectivity index (χ4n) is 2.84. The minimum atomic E-state index is -0.0554.